The zero-order valence-electron chi connectivity index (χ0n) is 13.7. The van der Waals surface area contributed by atoms with Crippen LogP contribution in [-0.2, 0) is 16.8 Å². The highest BCUT2D eigenvalue weighted by atomic mass is 16.4. The molecule has 1 aromatic rings. The summed E-state index contributed by atoms with van der Waals surface area (Å²) in [7, 11) is 0. The highest BCUT2D eigenvalue weighted by Crippen LogP contribution is 2.56. The van der Waals surface area contributed by atoms with E-state index >= 15 is 0 Å². The molecule has 1 fully saturated rings. The Balaban J connectivity index is 2.08. The predicted octanol–water partition coefficient (Wildman–Crippen LogP) is 3.83. The van der Waals surface area contributed by atoms with Crippen LogP contribution in [0.2, 0.25) is 0 Å². The van der Waals surface area contributed by atoms with Crippen LogP contribution in [0.15, 0.2) is 18.2 Å². The average Bonchev–Trinajstić information content (AvgIpc) is 2.46. The molecule has 2 N–H and O–H groups in total. The lowest BCUT2D eigenvalue weighted by Crippen LogP contribution is -2.53. The molecule has 0 amide bonds. The number of aliphatic carboxylic acids is 1. The van der Waals surface area contributed by atoms with Crippen molar-refractivity contribution in [1.82, 2.24) is 0 Å². The number of hydrogen-bond donors (Lipinski definition) is 2. The molecule has 0 bridgehead atoms. The summed E-state index contributed by atoms with van der Waals surface area (Å²) < 4.78 is 0. The van der Waals surface area contributed by atoms with Crippen molar-refractivity contribution in [1.29, 1.82) is 0 Å². The van der Waals surface area contributed by atoms with Gasteiger partial charge in [-0.25, -0.2) is 0 Å². The van der Waals surface area contributed by atoms with Crippen LogP contribution in [0, 0.1) is 11.3 Å². The summed E-state index contributed by atoms with van der Waals surface area (Å²) in [5.74, 6) is -0.491. The third-order valence-corrected chi connectivity index (χ3v) is 6.05. The minimum absolute atomic E-state index is 0.191. The maximum absolute atomic E-state index is 11.8. The lowest BCUT2D eigenvalue weighted by Gasteiger charge is -2.52. The highest BCUT2D eigenvalue weighted by molar-refractivity contribution is 5.75. The van der Waals surface area contributed by atoms with Gasteiger partial charge in [0.05, 0.1) is 11.0 Å². The topological polar surface area (TPSA) is 57.5 Å². The Hall–Kier alpha value is -1.35. The summed E-state index contributed by atoms with van der Waals surface area (Å²) in [5.41, 5.74) is 1.67. The van der Waals surface area contributed by atoms with Crippen molar-refractivity contribution in [2.24, 2.45) is 11.3 Å². The first-order valence-corrected chi connectivity index (χ1v) is 8.38. The minimum Gasteiger partial charge on any atom is -0.481 e. The lowest BCUT2D eigenvalue weighted by atomic mass is 9.54. The fourth-order valence-electron chi connectivity index (χ4n) is 4.64. The number of rotatable bonds is 2. The zero-order chi connectivity index (χ0) is 16.1. The van der Waals surface area contributed by atoms with Gasteiger partial charge in [-0.15, -0.1) is 0 Å². The molecule has 0 saturated heterocycles. The van der Waals surface area contributed by atoms with Gasteiger partial charge in [0.2, 0.25) is 0 Å². The van der Waals surface area contributed by atoms with E-state index in [0.29, 0.717) is 18.8 Å². The largest absolute Gasteiger partial charge is 0.481 e. The third kappa shape index (κ3) is 2.10. The van der Waals surface area contributed by atoms with E-state index in [4.69, 9.17) is 0 Å². The molecule has 0 aromatic heterocycles. The molecular formula is C19H26O3. The first kappa shape index (κ1) is 15.5. The molecule has 3 unspecified atom stereocenters. The van der Waals surface area contributed by atoms with Crippen LogP contribution in [0.3, 0.4) is 0 Å². The van der Waals surface area contributed by atoms with Gasteiger partial charge in [0.1, 0.15) is 0 Å². The number of carbonyl (C=O) groups is 1. The monoisotopic (exact) mass is 302 g/mol. The Bertz CT molecular complexity index is 607. The molecular weight excluding hydrogens is 276 g/mol. The van der Waals surface area contributed by atoms with Gasteiger partial charge in [0.15, 0.2) is 0 Å². The molecule has 3 atom stereocenters. The van der Waals surface area contributed by atoms with Gasteiger partial charge in [-0.05, 0) is 61.6 Å². The molecule has 0 radical (unpaired) electrons. The highest BCUT2D eigenvalue weighted by Gasteiger charge is 2.56. The molecule has 2 aliphatic carbocycles. The maximum atomic E-state index is 11.8. The Morgan fingerprint density at radius 3 is 2.68 bits per heavy atom. The van der Waals surface area contributed by atoms with Crippen molar-refractivity contribution in [2.75, 3.05) is 0 Å². The van der Waals surface area contributed by atoms with Crippen LogP contribution in [0.1, 0.15) is 69.1 Å². The normalized spacial score (nSPS) is 34.1. The van der Waals surface area contributed by atoms with E-state index in [-0.39, 0.29) is 5.92 Å². The molecule has 3 nitrogen and oxygen atoms in total. The number of aliphatic hydroxyl groups is 1. The Labute approximate surface area is 132 Å². The van der Waals surface area contributed by atoms with Crippen LogP contribution < -0.4 is 0 Å². The fourth-order valence-corrected chi connectivity index (χ4v) is 4.64. The number of aryl methyl sites for hydroxylation is 1. The third-order valence-electron chi connectivity index (χ3n) is 6.05. The number of carboxylic acids is 1. The van der Waals surface area contributed by atoms with Crippen molar-refractivity contribution in [3.8, 4) is 0 Å². The van der Waals surface area contributed by atoms with Crippen molar-refractivity contribution in [3.63, 3.8) is 0 Å². The second kappa shape index (κ2) is 5.09. The first-order valence-electron chi connectivity index (χ1n) is 8.38. The van der Waals surface area contributed by atoms with E-state index in [1.54, 1.807) is 0 Å². The molecule has 1 saturated carbocycles. The number of carboxylic acid groups (broad SMARTS) is 1. The first-order chi connectivity index (χ1) is 10.3. The molecule has 22 heavy (non-hydrogen) atoms. The standard InChI is InChI=1S/C19H26O3/c1-12(2)13-5-7-15-14(11-13)6-8-16-18(3,17(20)21)9-4-10-19(15,16)22/h5,7,11-12,16,22H,4,6,8-10H2,1-3H3,(H,20,21). The van der Waals surface area contributed by atoms with Crippen LogP contribution in [0.5, 0.6) is 0 Å². The van der Waals surface area contributed by atoms with Gasteiger partial charge in [-0.3, -0.25) is 4.79 Å². The fraction of sp³-hybridized carbons (Fsp3) is 0.632. The molecule has 0 spiro atoms. The summed E-state index contributed by atoms with van der Waals surface area (Å²) >= 11 is 0. The zero-order valence-corrected chi connectivity index (χ0v) is 13.7. The second-order valence-corrected chi connectivity index (χ2v) is 7.66. The summed E-state index contributed by atoms with van der Waals surface area (Å²) in [6.45, 7) is 6.16. The molecule has 1 aromatic carbocycles. The molecule has 2 aliphatic rings. The number of fused-ring (bicyclic) bond motifs is 3. The molecule has 3 heteroatoms. The molecule has 3 rings (SSSR count). The van der Waals surface area contributed by atoms with E-state index in [9.17, 15) is 15.0 Å². The van der Waals surface area contributed by atoms with Crippen LogP contribution in [0.25, 0.3) is 0 Å². The van der Waals surface area contributed by atoms with Gasteiger partial charge in [0.25, 0.3) is 0 Å². The van der Waals surface area contributed by atoms with E-state index in [0.717, 1.165) is 24.8 Å². The van der Waals surface area contributed by atoms with Gasteiger partial charge >= 0.3 is 5.97 Å². The summed E-state index contributed by atoms with van der Waals surface area (Å²) in [6.07, 6.45) is 3.73. The summed E-state index contributed by atoms with van der Waals surface area (Å²) in [5, 5.41) is 21.1. The van der Waals surface area contributed by atoms with E-state index in [1.165, 1.54) is 11.1 Å². The van der Waals surface area contributed by atoms with Gasteiger partial charge < -0.3 is 10.2 Å². The van der Waals surface area contributed by atoms with Crippen molar-refractivity contribution in [3.05, 3.63) is 34.9 Å². The van der Waals surface area contributed by atoms with Gasteiger partial charge in [-0.2, -0.15) is 0 Å². The SMILES string of the molecule is CC(C)c1ccc2c(c1)CCC1C(C)(C(=O)O)CCCC21O. The molecule has 120 valence electrons. The van der Waals surface area contributed by atoms with Gasteiger partial charge in [0, 0.05) is 5.92 Å². The van der Waals surface area contributed by atoms with Crippen molar-refractivity contribution >= 4 is 5.97 Å². The average molecular weight is 302 g/mol. The van der Waals surface area contributed by atoms with E-state index in [2.05, 4.69) is 26.0 Å². The Morgan fingerprint density at radius 1 is 1.32 bits per heavy atom. The second-order valence-electron chi connectivity index (χ2n) is 7.66. The summed E-state index contributed by atoms with van der Waals surface area (Å²) in [6, 6.07) is 6.35. The smallest absolute Gasteiger partial charge is 0.309 e. The maximum Gasteiger partial charge on any atom is 0.309 e. The van der Waals surface area contributed by atoms with E-state index < -0.39 is 17.0 Å². The molecule has 0 aliphatic heterocycles. The summed E-state index contributed by atoms with van der Waals surface area (Å²) in [4.78, 5) is 11.8. The minimum atomic E-state index is -0.978. The van der Waals surface area contributed by atoms with Gasteiger partial charge in [-0.1, -0.05) is 32.0 Å². The molecule has 0 heterocycles. The van der Waals surface area contributed by atoms with Crippen molar-refractivity contribution < 1.29 is 15.0 Å². The van der Waals surface area contributed by atoms with Crippen LogP contribution >= 0.6 is 0 Å². The quantitative estimate of drug-likeness (QED) is 0.873. The van der Waals surface area contributed by atoms with E-state index in [1.807, 2.05) is 13.0 Å². The number of benzene rings is 1. The Kier molecular flexibility index (Phi) is 3.59. The van der Waals surface area contributed by atoms with Crippen LogP contribution in [-0.4, -0.2) is 16.2 Å². The Morgan fingerprint density at radius 2 is 2.05 bits per heavy atom. The number of hydrogen-bond acceptors (Lipinski definition) is 2. The lowest BCUT2D eigenvalue weighted by molar-refractivity contribution is -0.174. The predicted molar refractivity (Wildman–Crippen MR) is 85.8 cm³/mol. The van der Waals surface area contributed by atoms with Crippen LogP contribution in [0.4, 0.5) is 0 Å². The van der Waals surface area contributed by atoms with Crippen molar-refractivity contribution in [2.45, 2.75) is 64.4 Å².